The van der Waals surface area contributed by atoms with Crippen molar-refractivity contribution < 1.29 is 53.8 Å². The predicted octanol–water partition coefficient (Wildman–Crippen LogP) is -0.136. The first kappa shape index (κ1) is 27.7. The van der Waals surface area contributed by atoms with Crippen LogP contribution in [0.25, 0.3) is 0 Å². The van der Waals surface area contributed by atoms with Gasteiger partial charge >= 0.3 is 5.97 Å². The van der Waals surface area contributed by atoms with Gasteiger partial charge in [-0.1, -0.05) is 20.8 Å². The van der Waals surface area contributed by atoms with Crippen molar-refractivity contribution in [3.63, 3.8) is 0 Å². The van der Waals surface area contributed by atoms with Gasteiger partial charge in [0.25, 0.3) is 0 Å². The molecule has 2 saturated heterocycles. The Balaban J connectivity index is 1.54. The molecular formula is C27H38O11. The molecule has 2 aliphatic heterocycles. The summed E-state index contributed by atoms with van der Waals surface area (Å²) >= 11 is 0. The van der Waals surface area contributed by atoms with Gasteiger partial charge in [0.2, 0.25) is 5.78 Å². The van der Waals surface area contributed by atoms with E-state index in [9.17, 15) is 34.8 Å². The molecule has 0 bridgehead atoms. The molecule has 0 spiro atoms. The minimum absolute atomic E-state index is 0.0881. The van der Waals surface area contributed by atoms with Gasteiger partial charge in [-0.05, 0) is 37.2 Å². The summed E-state index contributed by atoms with van der Waals surface area (Å²) in [6.07, 6.45) is -8.35. The lowest BCUT2D eigenvalue weighted by Gasteiger charge is -2.65. The molecule has 4 fully saturated rings. The zero-order chi connectivity index (χ0) is 27.9. The van der Waals surface area contributed by atoms with E-state index in [2.05, 4.69) is 0 Å². The number of rotatable bonds is 4. The third kappa shape index (κ3) is 3.59. The number of Topliss-reactive ketones (excluding diaryl/α,β-unsaturated/α-hetero) is 2. The van der Waals surface area contributed by atoms with Crippen molar-refractivity contribution in [3.05, 3.63) is 11.3 Å². The summed E-state index contributed by atoms with van der Waals surface area (Å²) in [6, 6.07) is 0. The third-order valence-electron chi connectivity index (χ3n) is 10.4. The van der Waals surface area contributed by atoms with Gasteiger partial charge in [-0.15, -0.1) is 0 Å². The quantitative estimate of drug-likeness (QED) is 0.278. The van der Waals surface area contributed by atoms with Crippen LogP contribution < -0.4 is 0 Å². The molecule has 5 aliphatic rings. The third-order valence-corrected chi connectivity index (χ3v) is 10.4. The molecule has 0 amide bonds. The lowest BCUT2D eigenvalue weighted by molar-refractivity contribution is -0.313. The van der Waals surface area contributed by atoms with E-state index < -0.39 is 66.3 Å². The maximum absolute atomic E-state index is 14.4. The van der Waals surface area contributed by atoms with E-state index in [-0.39, 0.29) is 53.9 Å². The van der Waals surface area contributed by atoms with Crippen LogP contribution in [-0.4, -0.2) is 94.6 Å². The van der Waals surface area contributed by atoms with Gasteiger partial charge in [0, 0.05) is 22.7 Å². The fourth-order valence-corrected chi connectivity index (χ4v) is 8.45. The molecule has 11 nitrogen and oxygen atoms in total. The number of ether oxygens (including phenoxy) is 4. The second-order valence-electron chi connectivity index (χ2n) is 12.1. The SMILES string of the molecule is COC1=C(C)[C@@H]2CC(=O)O[C@@H]3C[C@@H]4[C@H](C)C[C@H](O[C@H]5O[C@@H](CO)[C@H](O)[C@@H](O)[C@@H]5O)C(=O)[C@]4(C)[C@@H](C1=O)[C@@]32C. The summed E-state index contributed by atoms with van der Waals surface area (Å²) in [7, 11) is 1.41. The number of fused-ring (bicyclic) bond motifs is 2. The van der Waals surface area contributed by atoms with E-state index >= 15 is 0 Å². The van der Waals surface area contributed by atoms with Crippen LogP contribution in [0.2, 0.25) is 0 Å². The minimum Gasteiger partial charge on any atom is -0.493 e. The Morgan fingerprint density at radius 2 is 1.74 bits per heavy atom. The lowest BCUT2D eigenvalue weighted by Crippen LogP contribution is -2.71. The van der Waals surface area contributed by atoms with Gasteiger partial charge in [0.1, 0.15) is 36.6 Å². The van der Waals surface area contributed by atoms with Gasteiger partial charge in [0.05, 0.1) is 20.1 Å². The molecule has 212 valence electrons. The molecule has 0 aromatic rings. The summed E-state index contributed by atoms with van der Waals surface area (Å²) in [5.41, 5.74) is -1.35. The maximum atomic E-state index is 14.4. The summed E-state index contributed by atoms with van der Waals surface area (Å²) in [5, 5.41) is 40.4. The van der Waals surface area contributed by atoms with Crippen molar-refractivity contribution in [2.24, 2.45) is 34.5 Å². The highest BCUT2D eigenvalue weighted by atomic mass is 16.7. The molecule has 5 rings (SSSR count). The zero-order valence-corrected chi connectivity index (χ0v) is 22.3. The largest absolute Gasteiger partial charge is 0.493 e. The second kappa shape index (κ2) is 9.35. The number of hydrogen-bond acceptors (Lipinski definition) is 11. The molecule has 0 aromatic carbocycles. The van der Waals surface area contributed by atoms with Crippen LogP contribution in [-0.2, 0) is 33.3 Å². The number of aliphatic hydroxyl groups is 4. The Bertz CT molecular complexity index is 1050. The fourth-order valence-electron chi connectivity index (χ4n) is 8.45. The summed E-state index contributed by atoms with van der Waals surface area (Å²) in [5.74, 6) is -2.39. The Kier molecular flexibility index (Phi) is 6.81. The van der Waals surface area contributed by atoms with E-state index in [1.165, 1.54) is 7.11 Å². The fraction of sp³-hybridized carbons (Fsp3) is 0.815. The van der Waals surface area contributed by atoms with Crippen molar-refractivity contribution in [1.82, 2.24) is 0 Å². The standard InChI is InChI=1S/C27H38O11/c1-10-6-14(36-25-20(32)19(31)18(30)15(9-28)37-25)24(34)27(4)12(10)7-16-26(3)13(8-17(29)38-16)11(2)22(35-5)21(33)23(26)27/h10,12-16,18-20,23,25,28,30-32H,6-9H2,1-5H3/t10-,12-,13+,14+,15+,16-,18+,19-,20+,23+,25+,26-,27+/m1/s1. The zero-order valence-electron chi connectivity index (χ0n) is 22.3. The molecule has 0 aromatic heterocycles. The number of allylic oxidation sites excluding steroid dienone is 2. The Labute approximate surface area is 221 Å². The number of carbonyl (C=O) groups is 3. The number of methoxy groups -OCH3 is 1. The molecule has 0 unspecified atom stereocenters. The molecule has 2 heterocycles. The molecular weight excluding hydrogens is 500 g/mol. The van der Waals surface area contributed by atoms with E-state index in [0.717, 1.165) is 0 Å². The maximum Gasteiger partial charge on any atom is 0.306 e. The van der Waals surface area contributed by atoms with Crippen LogP contribution in [0.4, 0.5) is 0 Å². The minimum atomic E-state index is -1.65. The Morgan fingerprint density at radius 3 is 2.37 bits per heavy atom. The van der Waals surface area contributed by atoms with Crippen LogP contribution in [0.5, 0.6) is 0 Å². The molecule has 0 radical (unpaired) electrons. The van der Waals surface area contributed by atoms with Gasteiger partial charge in [-0.3, -0.25) is 14.4 Å². The first-order valence-electron chi connectivity index (χ1n) is 13.3. The Hall–Kier alpha value is -1.89. The summed E-state index contributed by atoms with van der Waals surface area (Å²) in [4.78, 5) is 41.1. The number of ketones is 2. The highest BCUT2D eigenvalue weighted by Gasteiger charge is 2.72. The molecule has 4 N–H and O–H groups in total. The highest BCUT2D eigenvalue weighted by Crippen LogP contribution is 2.67. The van der Waals surface area contributed by atoms with Crippen LogP contribution in [0.3, 0.4) is 0 Å². The predicted molar refractivity (Wildman–Crippen MR) is 128 cm³/mol. The van der Waals surface area contributed by atoms with Gasteiger partial charge in [-0.25, -0.2) is 0 Å². The summed E-state index contributed by atoms with van der Waals surface area (Å²) in [6.45, 7) is 6.83. The van der Waals surface area contributed by atoms with Gasteiger partial charge in [0.15, 0.2) is 17.8 Å². The van der Waals surface area contributed by atoms with E-state index in [1.54, 1.807) is 13.8 Å². The van der Waals surface area contributed by atoms with E-state index in [4.69, 9.17) is 18.9 Å². The first-order chi connectivity index (χ1) is 17.8. The van der Waals surface area contributed by atoms with Gasteiger partial charge < -0.3 is 39.4 Å². The van der Waals surface area contributed by atoms with E-state index in [0.29, 0.717) is 12.0 Å². The second-order valence-corrected chi connectivity index (χ2v) is 12.1. The average molecular weight is 539 g/mol. The van der Waals surface area contributed by atoms with Crippen LogP contribution in [0.1, 0.15) is 47.0 Å². The monoisotopic (exact) mass is 538 g/mol. The van der Waals surface area contributed by atoms with Crippen molar-refractivity contribution in [1.29, 1.82) is 0 Å². The molecule has 11 heteroatoms. The highest BCUT2D eigenvalue weighted by molar-refractivity contribution is 6.04. The first-order valence-corrected chi connectivity index (χ1v) is 13.3. The molecule has 2 saturated carbocycles. The molecule has 38 heavy (non-hydrogen) atoms. The van der Waals surface area contributed by atoms with Crippen LogP contribution in [0.15, 0.2) is 11.3 Å². The lowest BCUT2D eigenvalue weighted by atomic mass is 9.39. The molecule has 13 atom stereocenters. The normalized spacial score (nSPS) is 50.8. The molecule has 3 aliphatic carbocycles. The number of carbonyl (C=O) groups excluding carboxylic acids is 3. The van der Waals surface area contributed by atoms with Crippen LogP contribution in [0, 0.1) is 34.5 Å². The average Bonchev–Trinajstić information content (AvgIpc) is 2.86. The number of esters is 1. The Morgan fingerprint density at radius 1 is 1.05 bits per heavy atom. The van der Waals surface area contributed by atoms with E-state index in [1.807, 2.05) is 13.8 Å². The topological polar surface area (TPSA) is 169 Å². The van der Waals surface area contributed by atoms with Crippen molar-refractivity contribution in [3.8, 4) is 0 Å². The van der Waals surface area contributed by atoms with Crippen molar-refractivity contribution in [2.75, 3.05) is 13.7 Å². The number of aliphatic hydroxyl groups excluding tert-OH is 4. The van der Waals surface area contributed by atoms with Crippen LogP contribution >= 0.6 is 0 Å². The van der Waals surface area contributed by atoms with Gasteiger partial charge in [-0.2, -0.15) is 0 Å². The number of hydrogen-bond donors (Lipinski definition) is 4. The smallest absolute Gasteiger partial charge is 0.306 e. The summed E-state index contributed by atoms with van der Waals surface area (Å²) < 4.78 is 22.9. The van der Waals surface area contributed by atoms with Crippen molar-refractivity contribution in [2.45, 2.75) is 89.9 Å². The van der Waals surface area contributed by atoms with Crippen molar-refractivity contribution >= 4 is 17.5 Å².